The SMILES string of the molecule is CC/C(C)=C/c1ccc(-c2nc3ccc(F)nc3s2)cc1. The molecule has 2 aromatic heterocycles. The van der Waals surface area contributed by atoms with Gasteiger partial charge in [-0.05, 0) is 31.0 Å². The third kappa shape index (κ3) is 3.00. The maximum atomic E-state index is 13.1. The average Bonchev–Trinajstić information content (AvgIpc) is 2.90. The van der Waals surface area contributed by atoms with Crippen molar-refractivity contribution in [3.63, 3.8) is 0 Å². The van der Waals surface area contributed by atoms with Crippen molar-refractivity contribution in [2.75, 3.05) is 0 Å². The van der Waals surface area contributed by atoms with E-state index >= 15 is 0 Å². The molecule has 2 nitrogen and oxygen atoms in total. The van der Waals surface area contributed by atoms with Crippen LogP contribution in [0.3, 0.4) is 0 Å². The molecule has 0 aliphatic heterocycles. The van der Waals surface area contributed by atoms with Gasteiger partial charge in [-0.15, -0.1) is 0 Å². The maximum absolute atomic E-state index is 13.1. The van der Waals surface area contributed by atoms with E-state index in [1.807, 2.05) is 12.1 Å². The molecule has 0 N–H and O–H groups in total. The van der Waals surface area contributed by atoms with Gasteiger partial charge in [-0.2, -0.15) is 4.39 Å². The minimum atomic E-state index is -0.465. The van der Waals surface area contributed by atoms with Crippen molar-refractivity contribution in [2.24, 2.45) is 0 Å². The van der Waals surface area contributed by atoms with Gasteiger partial charge in [-0.25, -0.2) is 9.97 Å². The van der Waals surface area contributed by atoms with Gasteiger partial charge in [-0.3, -0.25) is 0 Å². The fourth-order valence-electron chi connectivity index (χ4n) is 2.03. The Balaban J connectivity index is 1.95. The number of fused-ring (bicyclic) bond motifs is 1. The summed E-state index contributed by atoms with van der Waals surface area (Å²) in [5.41, 5.74) is 4.30. The topological polar surface area (TPSA) is 25.8 Å². The molecule has 21 heavy (non-hydrogen) atoms. The summed E-state index contributed by atoms with van der Waals surface area (Å²) < 4.78 is 13.1. The predicted octanol–water partition coefficient (Wildman–Crippen LogP) is 5.31. The molecule has 106 valence electrons. The molecule has 0 unspecified atom stereocenters. The minimum Gasteiger partial charge on any atom is -0.234 e. The number of thiazole rings is 1. The van der Waals surface area contributed by atoms with Crippen molar-refractivity contribution in [3.05, 3.63) is 53.5 Å². The van der Waals surface area contributed by atoms with Crippen LogP contribution in [-0.2, 0) is 0 Å². The molecular formula is C17H15FN2S. The second-order valence-corrected chi connectivity index (χ2v) is 5.92. The van der Waals surface area contributed by atoms with Crippen LogP contribution in [0, 0.1) is 5.95 Å². The molecule has 0 atom stereocenters. The van der Waals surface area contributed by atoms with E-state index in [9.17, 15) is 4.39 Å². The first-order chi connectivity index (χ1) is 10.2. The third-order valence-corrected chi connectivity index (χ3v) is 4.36. The number of benzene rings is 1. The first-order valence-electron chi connectivity index (χ1n) is 6.86. The number of aromatic nitrogens is 2. The molecule has 0 aliphatic rings. The molecule has 0 saturated carbocycles. The minimum absolute atomic E-state index is 0.465. The molecule has 1 aromatic carbocycles. The summed E-state index contributed by atoms with van der Waals surface area (Å²) in [7, 11) is 0. The lowest BCUT2D eigenvalue weighted by Gasteiger charge is -1.99. The Morgan fingerprint density at radius 2 is 1.90 bits per heavy atom. The highest BCUT2D eigenvalue weighted by Gasteiger charge is 2.08. The quantitative estimate of drug-likeness (QED) is 0.612. The first kappa shape index (κ1) is 13.9. The number of hydrogen-bond acceptors (Lipinski definition) is 3. The molecule has 4 heteroatoms. The first-order valence-corrected chi connectivity index (χ1v) is 7.68. The van der Waals surface area contributed by atoms with Crippen LogP contribution in [0.5, 0.6) is 0 Å². The normalized spacial score (nSPS) is 12.0. The highest BCUT2D eigenvalue weighted by atomic mass is 32.1. The molecule has 0 saturated heterocycles. The monoisotopic (exact) mass is 298 g/mol. The maximum Gasteiger partial charge on any atom is 0.214 e. The highest BCUT2D eigenvalue weighted by molar-refractivity contribution is 7.21. The van der Waals surface area contributed by atoms with Crippen molar-refractivity contribution >= 4 is 27.8 Å². The predicted molar refractivity (Wildman–Crippen MR) is 86.8 cm³/mol. The Morgan fingerprint density at radius 1 is 1.14 bits per heavy atom. The van der Waals surface area contributed by atoms with Crippen LogP contribution in [-0.4, -0.2) is 9.97 Å². The fourth-order valence-corrected chi connectivity index (χ4v) is 2.96. The third-order valence-electron chi connectivity index (χ3n) is 3.35. The molecule has 3 aromatic rings. The zero-order valence-electron chi connectivity index (χ0n) is 11.9. The molecule has 3 rings (SSSR count). The Hall–Kier alpha value is -2.07. The van der Waals surface area contributed by atoms with Crippen LogP contribution >= 0.6 is 11.3 Å². The van der Waals surface area contributed by atoms with Gasteiger partial charge in [0.05, 0.1) is 0 Å². The summed E-state index contributed by atoms with van der Waals surface area (Å²) in [6.45, 7) is 4.27. The van der Waals surface area contributed by atoms with Gasteiger partial charge in [0.25, 0.3) is 0 Å². The van der Waals surface area contributed by atoms with E-state index < -0.39 is 5.95 Å². The van der Waals surface area contributed by atoms with Gasteiger partial charge in [0.2, 0.25) is 5.95 Å². The van der Waals surface area contributed by atoms with Gasteiger partial charge >= 0.3 is 0 Å². The fraction of sp³-hybridized carbons (Fsp3) is 0.176. The van der Waals surface area contributed by atoms with Gasteiger partial charge in [0.15, 0.2) is 0 Å². The lowest BCUT2D eigenvalue weighted by Crippen LogP contribution is -1.80. The summed E-state index contributed by atoms with van der Waals surface area (Å²) in [5, 5.41) is 0.867. The lowest BCUT2D eigenvalue weighted by atomic mass is 10.1. The van der Waals surface area contributed by atoms with Crippen LogP contribution in [0.2, 0.25) is 0 Å². The molecule has 0 spiro atoms. The van der Waals surface area contributed by atoms with E-state index in [1.165, 1.54) is 28.5 Å². The van der Waals surface area contributed by atoms with E-state index in [1.54, 1.807) is 6.07 Å². The van der Waals surface area contributed by atoms with E-state index in [2.05, 4.69) is 42.0 Å². The molecule has 0 radical (unpaired) electrons. The van der Waals surface area contributed by atoms with Gasteiger partial charge in [0, 0.05) is 5.56 Å². The number of pyridine rings is 1. The zero-order chi connectivity index (χ0) is 14.8. The number of nitrogens with zero attached hydrogens (tertiary/aromatic N) is 2. The Bertz CT molecular complexity index is 803. The van der Waals surface area contributed by atoms with Crippen LogP contribution in [0.4, 0.5) is 4.39 Å². The van der Waals surface area contributed by atoms with Crippen LogP contribution in [0.25, 0.3) is 27.0 Å². The highest BCUT2D eigenvalue weighted by Crippen LogP contribution is 2.29. The van der Waals surface area contributed by atoms with E-state index in [0.717, 1.165) is 22.5 Å². The number of halogens is 1. The zero-order valence-corrected chi connectivity index (χ0v) is 12.7. The standard InChI is InChI=1S/C17H15FN2S/c1-3-11(2)10-12-4-6-13(7-5-12)16-19-14-8-9-15(18)20-17(14)21-16/h4-10H,3H2,1-2H3/b11-10+. The second kappa shape index (κ2) is 5.74. The van der Waals surface area contributed by atoms with Crippen molar-refractivity contribution in [1.82, 2.24) is 9.97 Å². The van der Waals surface area contributed by atoms with Crippen molar-refractivity contribution < 1.29 is 4.39 Å². The van der Waals surface area contributed by atoms with Crippen LogP contribution in [0.1, 0.15) is 25.8 Å². The van der Waals surface area contributed by atoms with Crippen molar-refractivity contribution in [3.8, 4) is 10.6 Å². The molecule has 0 amide bonds. The summed E-state index contributed by atoms with van der Waals surface area (Å²) in [6.07, 6.45) is 3.23. The molecule has 0 bridgehead atoms. The van der Waals surface area contributed by atoms with Crippen LogP contribution < -0.4 is 0 Å². The number of allylic oxidation sites excluding steroid dienone is 1. The Morgan fingerprint density at radius 3 is 2.62 bits per heavy atom. The van der Waals surface area contributed by atoms with Crippen molar-refractivity contribution in [2.45, 2.75) is 20.3 Å². The summed E-state index contributed by atoms with van der Waals surface area (Å²) in [6, 6.07) is 11.3. The largest absolute Gasteiger partial charge is 0.234 e. The molecule has 0 aliphatic carbocycles. The number of hydrogen-bond donors (Lipinski definition) is 0. The molecule has 0 fully saturated rings. The van der Waals surface area contributed by atoms with Gasteiger partial charge in [0.1, 0.15) is 15.4 Å². The summed E-state index contributed by atoms with van der Waals surface area (Å²) in [4.78, 5) is 9.01. The van der Waals surface area contributed by atoms with Crippen LogP contribution in [0.15, 0.2) is 42.0 Å². The smallest absolute Gasteiger partial charge is 0.214 e. The molecular weight excluding hydrogens is 283 g/mol. The Kier molecular flexibility index (Phi) is 3.80. The van der Waals surface area contributed by atoms with E-state index in [0.29, 0.717) is 4.83 Å². The second-order valence-electron chi connectivity index (χ2n) is 4.94. The number of rotatable bonds is 3. The molecule has 2 heterocycles. The lowest BCUT2D eigenvalue weighted by molar-refractivity contribution is 0.589. The van der Waals surface area contributed by atoms with Gasteiger partial charge in [-0.1, -0.05) is 54.2 Å². The summed E-state index contributed by atoms with van der Waals surface area (Å²) in [5.74, 6) is -0.465. The average molecular weight is 298 g/mol. The van der Waals surface area contributed by atoms with Crippen molar-refractivity contribution in [1.29, 1.82) is 0 Å². The van der Waals surface area contributed by atoms with E-state index in [-0.39, 0.29) is 0 Å². The van der Waals surface area contributed by atoms with E-state index in [4.69, 9.17) is 0 Å². The Labute approximate surface area is 127 Å². The summed E-state index contributed by atoms with van der Waals surface area (Å²) >= 11 is 1.41. The van der Waals surface area contributed by atoms with Gasteiger partial charge < -0.3 is 0 Å².